The molecule has 0 aliphatic carbocycles. The van der Waals surface area contributed by atoms with Crippen LogP contribution in [-0.4, -0.2) is 21.0 Å². The van der Waals surface area contributed by atoms with E-state index in [1.54, 1.807) is 42.5 Å². The van der Waals surface area contributed by atoms with Gasteiger partial charge in [-0.05, 0) is 73.4 Å². The van der Waals surface area contributed by atoms with Crippen LogP contribution < -0.4 is 14.9 Å². The van der Waals surface area contributed by atoms with Crippen molar-refractivity contribution in [3.8, 4) is 0 Å². The fourth-order valence-electron chi connectivity index (χ4n) is 3.57. The first-order valence-electron chi connectivity index (χ1n) is 9.70. The van der Waals surface area contributed by atoms with Crippen molar-refractivity contribution in [3.05, 3.63) is 83.4 Å². The van der Waals surface area contributed by atoms with Crippen molar-refractivity contribution in [1.29, 1.82) is 0 Å². The Hall–Kier alpha value is -3.32. The number of nitrogens with zero attached hydrogens (tertiary/aromatic N) is 1. The third-order valence-corrected chi connectivity index (χ3v) is 6.99. The van der Waals surface area contributed by atoms with Crippen LogP contribution in [0.25, 0.3) is 0 Å². The lowest BCUT2D eigenvalue weighted by atomic mass is 10.1. The number of sulfonamides is 1. The molecule has 2 amide bonds. The van der Waals surface area contributed by atoms with E-state index in [9.17, 15) is 13.2 Å². The summed E-state index contributed by atoms with van der Waals surface area (Å²) in [7, 11) is -3.60. The first-order chi connectivity index (χ1) is 14.3. The third kappa shape index (κ3) is 3.89. The minimum absolute atomic E-state index is 0.271. The van der Waals surface area contributed by atoms with Crippen LogP contribution in [0.2, 0.25) is 0 Å². The van der Waals surface area contributed by atoms with Crippen LogP contribution in [0.3, 0.4) is 0 Å². The summed E-state index contributed by atoms with van der Waals surface area (Å²) in [4.78, 5) is 12.7. The lowest BCUT2D eigenvalue weighted by Gasteiger charge is -2.20. The summed E-state index contributed by atoms with van der Waals surface area (Å²) in [5.41, 5.74) is 4.96. The van der Waals surface area contributed by atoms with Crippen molar-refractivity contribution in [2.45, 2.75) is 25.2 Å². The number of hydrogen-bond acceptors (Lipinski definition) is 3. The second-order valence-electron chi connectivity index (χ2n) is 7.38. The molecule has 1 aliphatic heterocycles. The maximum Gasteiger partial charge on any atom is 0.323 e. The van der Waals surface area contributed by atoms with Gasteiger partial charge in [-0.1, -0.05) is 30.3 Å². The van der Waals surface area contributed by atoms with Crippen molar-refractivity contribution in [1.82, 2.24) is 0 Å². The molecule has 1 aliphatic rings. The molecule has 0 radical (unpaired) electrons. The molecule has 30 heavy (non-hydrogen) atoms. The van der Waals surface area contributed by atoms with Crippen LogP contribution >= 0.6 is 0 Å². The minimum atomic E-state index is -3.60. The Kier molecular flexibility index (Phi) is 5.22. The molecule has 6 nitrogen and oxygen atoms in total. The van der Waals surface area contributed by atoms with Crippen LogP contribution in [0.5, 0.6) is 0 Å². The van der Waals surface area contributed by atoms with Crippen LogP contribution in [0.1, 0.15) is 16.7 Å². The number of benzene rings is 3. The van der Waals surface area contributed by atoms with Gasteiger partial charge < -0.3 is 10.6 Å². The Balaban J connectivity index is 1.51. The molecule has 0 saturated carbocycles. The molecule has 1 heterocycles. The minimum Gasteiger partial charge on any atom is -0.308 e. The highest BCUT2D eigenvalue weighted by Gasteiger charge is 2.30. The van der Waals surface area contributed by atoms with Gasteiger partial charge in [-0.3, -0.25) is 4.31 Å². The summed E-state index contributed by atoms with van der Waals surface area (Å²) in [6.07, 6.45) is 0.593. The van der Waals surface area contributed by atoms with Gasteiger partial charge in [0.05, 0.1) is 10.6 Å². The van der Waals surface area contributed by atoms with E-state index in [4.69, 9.17) is 0 Å². The van der Waals surface area contributed by atoms with Gasteiger partial charge in [0.25, 0.3) is 10.0 Å². The Morgan fingerprint density at radius 2 is 1.70 bits per heavy atom. The van der Waals surface area contributed by atoms with Crippen molar-refractivity contribution in [2.75, 3.05) is 21.5 Å². The van der Waals surface area contributed by atoms with Gasteiger partial charge >= 0.3 is 6.03 Å². The smallest absolute Gasteiger partial charge is 0.308 e. The van der Waals surface area contributed by atoms with E-state index >= 15 is 0 Å². The highest BCUT2D eigenvalue weighted by molar-refractivity contribution is 7.92. The maximum atomic E-state index is 13.0. The highest BCUT2D eigenvalue weighted by atomic mass is 32.2. The molecule has 2 N–H and O–H groups in total. The molecule has 7 heteroatoms. The van der Waals surface area contributed by atoms with Gasteiger partial charge in [-0.25, -0.2) is 13.2 Å². The van der Waals surface area contributed by atoms with E-state index < -0.39 is 10.0 Å². The number of urea groups is 1. The number of anilines is 3. The van der Waals surface area contributed by atoms with Crippen LogP contribution in [-0.2, 0) is 16.4 Å². The molecule has 0 fully saturated rings. The summed E-state index contributed by atoms with van der Waals surface area (Å²) >= 11 is 0. The average Bonchev–Trinajstić information content (AvgIpc) is 3.15. The number of carbonyl (C=O) groups is 1. The highest BCUT2D eigenvalue weighted by Crippen LogP contribution is 2.34. The maximum absolute atomic E-state index is 13.0. The zero-order valence-corrected chi connectivity index (χ0v) is 17.7. The predicted octanol–water partition coefficient (Wildman–Crippen LogP) is 4.70. The molecule has 3 aromatic rings. The largest absolute Gasteiger partial charge is 0.323 e. The molecule has 0 unspecified atom stereocenters. The monoisotopic (exact) mass is 421 g/mol. The van der Waals surface area contributed by atoms with E-state index in [2.05, 4.69) is 10.6 Å². The molecule has 0 saturated heterocycles. The molecule has 0 atom stereocenters. The molecule has 0 spiro atoms. The van der Waals surface area contributed by atoms with E-state index in [1.807, 2.05) is 38.1 Å². The van der Waals surface area contributed by atoms with E-state index in [0.717, 1.165) is 22.4 Å². The number of hydrogen-bond donors (Lipinski definition) is 2. The number of carbonyl (C=O) groups excluding carboxylic acids is 1. The third-order valence-electron chi connectivity index (χ3n) is 5.16. The van der Waals surface area contributed by atoms with Crippen molar-refractivity contribution in [2.24, 2.45) is 0 Å². The second kappa shape index (κ2) is 7.84. The Bertz CT molecular complexity index is 1210. The van der Waals surface area contributed by atoms with Crippen molar-refractivity contribution < 1.29 is 13.2 Å². The molecular formula is C23H23N3O3S. The van der Waals surface area contributed by atoms with E-state index in [-0.39, 0.29) is 10.9 Å². The normalized spacial score (nSPS) is 13.1. The Morgan fingerprint density at radius 3 is 2.47 bits per heavy atom. The summed E-state index contributed by atoms with van der Waals surface area (Å²) in [6.45, 7) is 4.29. The fourth-order valence-corrected chi connectivity index (χ4v) is 5.10. The van der Waals surface area contributed by atoms with Gasteiger partial charge in [-0.15, -0.1) is 0 Å². The zero-order chi connectivity index (χ0) is 21.3. The number of amides is 2. The van der Waals surface area contributed by atoms with Crippen LogP contribution in [0.15, 0.2) is 71.6 Å². The molecule has 4 rings (SSSR count). The van der Waals surface area contributed by atoms with Gasteiger partial charge in [0.2, 0.25) is 0 Å². The SMILES string of the molecule is Cc1ccc(C)c(NC(=O)Nc2ccc3c(c2)CCN3S(=O)(=O)c2ccccc2)c1. The van der Waals surface area contributed by atoms with Gasteiger partial charge in [0, 0.05) is 17.9 Å². The van der Waals surface area contributed by atoms with Gasteiger partial charge in [0.15, 0.2) is 0 Å². The molecule has 0 bridgehead atoms. The number of nitrogens with one attached hydrogen (secondary N) is 2. The summed E-state index contributed by atoms with van der Waals surface area (Å²) in [5, 5.41) is 5.70. The summed E-state index contributed by atoms with van der Waals surface area (Å²) < 4.78 is 27.4. The lowest BCUT2D eigenvalue weighted by molar-refractivity contribution is 0.262. The Labute approximate surface area is 176 Å². The van der Waals surface area contributed by atoms with Crippen molar-refractivity contribution >= 4 is 33.1 Å². The molecule has 3 aromatic carbocycles. The molecule has 154 valence electrons. The molecular weight excluding hydrogens is 398 g/mol. The van der Waals surface area contributed by atoms with Crippen LogP contribution in [0, 0.1) is 13.8 Å². The molecule has 0 aromatic heterocycles. The van der Waals surface area contributed by atoms with Crippen molar-refractivity contribution in [3.63, 3.8) is 0 Å². The second-order valence-corrected chi connectivity index (χ2v) is 9.24. The van der Waals surface area contributed by atoms with Gasteiger partial charge in [0.1, 0.15) is 0 Å². The average molecular weight is 422 g/mol. The standard InChI is InChI=1S/C23H23N3O3S/c1-16-8-9-17(2)21(14-16)25-23(27)24-19-10-11-22-18(15-19)12-13-26(22)30(28,29)20-6-4-3-5-7-20/h3-11,14-15H,12-13H2,1-2H3,(H2,24,25,27). The van der Waals surface area contributed by atoms with Gasteiger partial charge in [-0.2, -0.15) is 0 Å². The predicted molar refractivity (Wildman–Crippen MR) is 120 cm³/mol. The lowest BCUT2D eigenvalue weighted by Crippen LogP contribution is -2.29. The first kappa shape index (κ1) is 20.0. The topological polar surface area (TPSA) is 78.5 Å². The Morgan fingerprint density at radius 1 is 0.933 bits per heavy atom. The number of aryl methyl sites for hydroxylation is 2. The summed E-state index contributed by atoms with van der Waals surface area (Å²) in [6, 6.07) is 19.3. The van der Waals surface area contributed by atoms with E-state index in [1.165, 1.54) is 4.31 Å². The van der Waals surface area contributed by atoms with Crippen LogP contribution in [0.4, 0.5) is 21.9 Å². The number of rotatable bonds is 4. The number of fused-ring (bicyclic) bond motifs is 1. The quantitative estimate of drug-likeness (QED) is 0.641. The summed E-state index contributed by atoms with van der Waals surface area (Å²) in [5.74, 6) is 0. The fraction of sp³-hybridized carbons (Fsp3) is 0.174. The zero-order valence-electron chi connectivity index (χ0n) is 16.8. The van der Waals surface area contributed by atoms with E-state index in [0.29, 0.717) is 24.3 Å². The first-order valence-corrected chi connectivity index (χ1v) is 11.1.